The summed E-state index contributed by atoms with van der Waals surface area (Å²) >= 11 is 0. The molecular weight excluding hydrogens is 256 g/mol. The topological polar surface area (TPSA) is 63.6 Å². The Morgan fingerprint density at radius 1 is 0.950 bits per heavy atom. The second-order valence-corrected chi connectivity index (χ2v) is 7.97. The molecular formula is C16H30O4. The Kier molecular flexibility index (Phi) is 7.25. The molecule has 0 amide bonds. The maximum atomic E-state index is 11.5. The molecule has 0 heterocycles. The van der Waals surface area contributed by atoms with E-state index in [9.17, 15) is 9.59 Å². The van der Waals surface area contributed by atoms with Crippen molar-refractivity contribution in [2.75, 3.05) is 6.61 Å². The van der Waals surface area contributed by atoms with Crippen LogP contribution in [0.1, 0.15) is 67.2 Å². The summed E-state index contributed by atoms with van der Waals surface area (Å²) in [7, 11) is 0. The number of carboxylic acid groups (broad SMARTS) is 1. The average molecular weight is 286 g/mol. The molecule has 0 spiro atoms. The van der Waals surface area contributed by atoms with Crippen molar-refractivity contribution < 1.29 is 19.4 Å². The Morgan fingerprint density at radius 2 is 1.40 bits per heavy atom. The van der Waals surface area contributed by atoms with Gasteiger partial charge in [-0.25, -0.2) is 0 Å². The fraction of sp³-hybridized carbons (Fsp3) is 0.875. The molecule has 0 unspecified atom stereocenters. The largest absolute Gasteiger partial charge is 0.481 e. The second kappa shape index (κ2) is 7.65. The molecule has 0 aliphatic heterocycles. The van der Waals surface area contributed by atoms with Crippen molar-refractivity contribution in [1.29, 1.82) is 0 Å². The molecule has 1 N–H and O–H groups in total. The van der Waals surface area contributed by atoms with Crippen molar-refractivity contribution in [3.63, 3.8) is 0 Å². The van der Waals surface area contributed by atoms with Crippen LogP contribution in [0.3, 0.4) is 0 Å². The molecule has 0 aromatic carbocycles. The second-order valence-electron chi connectivity index (χ2n) is 7.97. The molecule has 0 rings (SSSR count). The highest BCUT2D eigenvalue weighted by Crippen LogP contribution is 2.33. The van der Waals surface area contributed by atoms with Crippen LogP contribution < -0.4 is 0 Å². The third kappa shape index (κ3) is 12.0. The molecule has 4 nitrogen and oxygen atoms in total. The minimum atomic E-state index is -0.970. The molecule has 0 aromatic rings. The number of ether oxygens (including phenoxy) is 1. The number of hydrogen-bond acceptors (Lipinski definition) is 3. The van der Waals surface area contributed by atoms with Crippen LogP contribution in [0.2, 0.25) is 0 Å². The van der Waals surface area contributed by atoms with Gasteiger partial charge in [0.1, 0.15) is 0 Å². The van der Waals surface area contributed by atoms with Gasteiger partial charge in [0, 0.05) is 0 Å². The van der Waals surface area contributed by atoms with Crippen LogP contribution >= 0.6 is 0 Å². The Morgan fingerprint density at radius 3 is 1.75 bits per heavy atom. The van der Waals surface area contributed by atoms with Gasteiger partial charge < -0.3 is 9.84 Å². The van der Waals surface area contributed by atoms with Gasteiger partial charge >= 0.3 is 11.9 Å². The standard InChI is InChI=1S/C16H30O4/c1-15(2,3)9-12(10-16(4,5)6)11-20-14(19)8-7-13(17)18/h12H,7-11H2,1-6H3,(H,17,18). The number of rotatable bonds is 7. The third-order valence-electron chi connectivity index (χ3n) is 2.83. The molecule has 0 saturated carbocycles. The lowest BCUT2D eigenvalue weighted by Gasteiger charge is -2.30. The molecule has 0 saturated heterocycles. The van der Waals surface area contributed by atoms with Crippen molar-refractivity contribution in [1.82, 2.24) is 0 Å². The maximum absolute atomic E-state index is 11.5. The minimum absolute atomic E-state index is 0.0485. The monoisotopic (exact) mass is 286 g/mol. The molecule has 0 bridgehead atoms. The molecule has 0 atom stereocenters. The van der Waals surface area contributed by atoms with Gasteiger partial charge in [-0.15, -0.1) is 0 Å². The Hall–Kier alpha value is -1.06. The van der Waals surface area contributed by atoms with Crippen LogP contribution in [0.5, 0.6) is 0 Å². The maximum Gasteiger partial charge on any atom is 0.306 e. The van der Waals surface area contributed by atoms with E-state index < -0.39 is 11.9 Å². The fourth-order valence-corrected chi connectivity index (χ4v) is 2.41. The van der Waals surface area contributed by atoms with Gasteiger partial charge in [0.15, 0.2) is 0 Å². The van der Waals surface area contributed by atoms with Gasteiger partial charge in [-0.2, -0.15) is 0 Å². The van der Waals surface area contributed by atoms with E-state index in [4.69, 9.17) is 9.84 Å². The highest BCUT2D eigenvalue weighted by atomic mass is 16.5. The molecule has 118 valence electrons. The minimum Gasteiger partial charge on any atom is -0.481 e. The summed E-state index contributed by atoms with van der Waals surface area (Å²) in [6, 6.07) is 0. The van der Waals surface area contributed by atoms with E-state index in [1.807, 2.05) is 0 Å². The first-order valence-corrected chi connectivity index (χ1v) is 7.26. The van der Waals surface area contributed by atoms with Crippen molar-refractivity contribution >= 4 is 11.9 Å². The van der Waals surface area contributed by atoms with Crippen LogP contribution in [-0.4, -0.2) is 23.7 Å². The molecule has 0 aliphatic rings. The summed E-state index contributed by atoms with van der Waals surface area (Å²) in [5.74, 6) is -1.08. The zero-order valence-corrected chi connectivity index (χ0v) is 13.8. The number of esters is 1. The van der Waals surface area contributed by atoms with E-state index >= 15 is 0 Å². The number of aliphatic carboxylic acids is 1. The van der Waals surface area contributed by atoms with Crippen molar-refractivity contribution in [3.05, 3.63) is 0 Å². The van der Waals surface area contributed by atoms with Crippen LogP contribution in [0.25, 0.3) is 0 Å². The van der Waals surface area contributed by atoms with Gasteiger partial charge in [-0.3, -0.25) is 9.59 Å². The quantitative estimate of drug-likeness (QED) is 0.721. The Labute approximate surface area is 122 Å². The van der Waals surface area contributed by atoms with Crippen molar-refractivity contribution in [2.24, 2.45) is 16.7 Å². The summed E-state index contributed by atoms with van der Waals surface area (Å²) in [4.78, 5) is 21.9. The summed E-state index contributed by atoms with van der Waals surface area (Å²) in [6.07, 6.45) is 1.75. The summed E-state index contributed by atoms with van der Waals surface area (Å²) in [5.41, 5.74) is 0.368. The summed E-state index contributed by atoms with van der Waals surface area (Å²) in [5, 5.41) is 8.54. The average Bonchev–Trinajstić information content (AvgIpc) is 2.18. The highest BCUT2D eigenvalue weighted by Gasteiger charge is 2.25. The van der Waals surface area contributed by atoms with E-state index in [1.54, 1.807) is 0 Å². The highest BCUT2D eigenvalue weighted by molar-refractivity contribution is 5.76. The lowest BCUT2D eigenvalue weighted by atomic mass is 9.77. The van der Waals surface area contributed by atoms with Gasteiger partial charge in [0.2, 0.25) is 0 Å². The van der Waals surface area contributed by atoms with E-state index in [1.165, 1.54) is 0 Å². The molecule has 4 heteroatoms. The van der Waals surface area contributed by atoms with Crippen molar-refractivity contribution in [3.8, 4) is 0 Å². The van der Waals surface area contributed by atoms with Crippen LogP contribution in [-0.2, 0) is 14.3 Å². The zero-order chi connectivity index (χ0) is 16.0. The summed E-state index contributed by atoms with van der Waals surface area (Å²) < 4.78 is 5.24. The first-order chi connectivity index (χ1) is 8.89. The number of carbonyl (C=O) groups excluding carboxylic acids is 1. The van der Waals surface area contributed by atoms with E-state index in [2.05, 4.69) is 41.5 Å². The van der Waals surface area contributed by atoms with Crippen molar-refractivity contribution in [2.45, 2.75) is 67.2 Å². The van der Waals surface area contributed by atoms with Gasteiger partial charge in [0.25, 0.3) is 0 Å². The first kappa shape index (κ1) is 18.9. The predicted octanol–water partition coefficient (Wildman–Crippen LogP) is 3.88. The molecule has 0 radical (unpaired) electrons. The molecule has 0 aromatic heterocycles. The number of carbonyl (C=O) groups is 2. The van der Waals surface area contributed by atoms with Crippen LogP contribution in [0.15, 0.2) is 0 Å². The normalized spacial score (nSPS) is 12.6. The van der Waals surface area contributed by atoms with Gasteiger partial charge in [-0.05, 0) is 29.6 Å². The Bertz CT molecular complexity index is 304. The van der Waals surface area contributed by atoms with E-state index in [0.717, 1.165) is 12.8 Å². The van der Waals surface area contributed by atoms with E-state index in [-0.39, 0.29) is 23.7 Å². The molecule has 20 heavy (non-hydrogen) atoms. The van der Waals surface area contributed by atoms with Crippen LogP contribution in [0.4, 0.5) is 0 Å². The SMILES string of the molecule is CC(C)(C)CC(COC(=O)CCC(=O)O)CC(C)(C)C. The lowest BCUT2D eigenvalue weighted by Crippen LogP contribution is -2.24. The van der Waals surface area contributed by atoms with Gasteiger partial charge in [-0.1, -0.05) is 41.5 Å². The lowest BCUT2D eigenvalue weighted by molar-refractivity contribution is -0.149. The summed E-state index contributed by atoms with van der Waals surface area (Å²) in [6.45, 7) is 13.4. The Balaban J connectivity index is 4.35. The predicted molar refractivity (Wildman–Crippen MR) is 79.5 cm³/mol. The van der Waals surface area contributed by atoms with E-state index in [0.29, 0.717) is 12.5 Å². The molecule has 0 aliphatic carbocycles. The number of carboxylic acids is 1. The van der Waals surface area contributed by atoms with Gasteiger partial charge in [0.05, 0.1) is 19.4 Å². The fourth-order valence-electron chi connectivity index (χ4n) is 2.41. The molecule has 0 fully saturated rings. The third-order valence-corrected chi connectivity index (χ3v) is 2.83. The first-order valence-electron chi connectivity index (χ1n) is 7.26. The smallest absolute Gasteiger partial charge is 0.306 e. The zero-order valence-electron chi connectivity index (χ0n) is 13.8. The number of hydrogen-bond donors (Lipinski definition) is 1. The van der Waals surface area contributed by atoms with Crippen LogP contribution in [0, 0.1) is 16.7 Å².